The Morgan fingerprint density at radius 3 is 2.37 bits per heavy atom. The number of amides is 3. The van der Waals surface area contributed by atoms with Crippen LogP contribution in [0.25, 0.3) is 0 Å². The molecule has 1 aromatic carbocycles. The second-order valence-corrected chi connectivity index (χ2v) is 10.4. The average molecular weight is 412 g/mol. The van der Waals surface area contributed by atoms with Gasteiger partial charge in [-0.05, 0) is 75.3 Å². The Kier molecular flexibility index (Phi) is 5.00. The van der Waals surface area contributed by atoms with Gasteiger partial charge < -0.3 is 21.1 Å². The largest absolute Gasteiger partial charge is 0.390 e. The summed E-state index contributed by atoms with van der Waals surface area (Å²) >= 11 is 0. The Morgan fingerprint density at radius 2 is 1.67 bits per heavy atom. The van der Waals surface area contributed by atoms with E-state index >= 15 is 0 Å². The van der Waals surface area contributed by atoms with E-state index in [1.165, 1.54) is 12.8 Å². The van der Waals surface area contributed by atoms with Crippen molar-refractivity contribution in [1.82, 2.24) is 10.6 Å². The highest BCUT2D eigenvalue weighted by molar-refractivity contribution is 6.03. The molecule has 2 unspecified atom stereocenters. The van der Waals surface area contributed by atoms with E-state index in [0.717, 1.165) is 51.4 Å². The molecule has 5 aliphatic rings. The maximum absolute atomic E-state index is 12.9. The van der Waals surface area contributed by atoms with Gasteiger partial charge in [-0.1, -0.05) is 31.4 Å². The molecule has 6 rings (SSSR count). The van der Waals surface area contributed by atoms with E-state index in [1.807, 2.05) is 12.1 Å². The number of carbonyl (C=O) groups is 2. The van der Waals surface area contributed by atoms with Gasteiger partial charge >= 0.3 is 6.03 Å². The molecule has 4 bridgehead atoms. The fourth-order valence-electron chi connectivity index (χ4n) is 7.06. The van der Waals surface area contributed by atoms with Crippen molar-refractivity contribution in [2.24, 2.45) is 11.8 Å². The normalized spacial score (nSPS) is 35.1. The molecule has 4 N–H and O–H groups in total. The molecule has 0 heterocycles. The van der Waals surface area contributed by atoms with Crippen molar-refractivity contribution in [3.63, 3.8) is 0 Å². The lowest BCUT2D eigenvalue weighted by molar-refractivity contribution is -0.138. The average Bonchev–Trinajstić information content (AvgIpc) is 2.66. The Balaban J connectivity index is 1.26. The molecule has 162 valence electrons. The SMILES string of the molecule is O=C(Nc1ccccc1C(=O)NC1CCCCC1)NC12C[C@@H]3C[C@@H](CC(O)(C3)C1)C2. The molecule has 5 fully saturated rings. The fraction of sp³-hybridized carbons (Fsp3) is 0.667. The maximum atomic E-state index is 12.9. The second-order valence-electron chi connectivity index (χ2n) is 10.4. The Morgan fingerprint density at radius 1 is 0.967 bits per heavy atom. The zero-order valence-electron chi connectivity index (χ0n) is 17.6. The molecule has 0 aromatic heterocycles. The third kappa shape index (κ3) is 3.94. The molecule has 0 aliphatic heterocycles. The van der Waals surface area contributed by atoms with Gasteiger partial charge in [0.1, 0.15) is 0 Å². The van der Waals surface area contributed by atoms with Crippen LogP contribution in [-0.2, 0) is 0 Å². The number of aliphatic hydroxyl groups is 1. The highest BCUT2D eigenvalue weighted by Crippen LogP contribution is 2.57. The zero-order valence-corrected chi connectivity index (χ0v) is 17.6. The second kappa shape index (κ2) is 7.56. The predicted molar refractivity (Wildman–Crippen MR) is 115 cm³/mol. The summed E-state index contributed by atoms with van der Waals surface area (Å²) in [5, 5.41) is 20.2. The molecule has 5 aliphatic carbocycles. The van der Waals surface area contributed by atoms with E-state index in [9.17, 15) is 14.7 Å². The Bertz CT molecular complexity index is 819. The van der Waals surface area contributed by atoms with Gasteiger partial charge in [0.25, 0.3) is 5.91 Å². The first kappa shape index (κ1) is 19.9. The number of rotatable bonds is 4. The van der Waals surface area contributed by atoms with Crippen LogP contribution in [0.5, 0.6) is 0 Å². The summed E-state index contributed by atoms with van der Waals surface area (Å²) < 4.78 is 0. The van der Waals surface area contributed by atoms with E-state index in [-0.39, 0.29) is 23.5 Å². The van der Waals surface area contributed by atoms with Gasteiger partial charge in [-0.15, -0.1) is 0 Å². The third-order valence-corrected chi connectivity index (χ3v) is 7.77. The Labute approximate surface area is 178 Å². The van der Waals surface area contributed by atoms with Gasteiger partial charge in [0.05, 0.1) is 16.9 Å². The van der Waals surface area contributed by atoms with Crippen LogP contribution in [0.15, 0.2) is 24.3 Å². The van der Waals surface area contributed by atoms with E-state index in [1.54, 1.807) is 12.1 Å². The molecule has 6 heteroatoms. The first-order valence-corrected chi connectivity index (χ1v) is 11.6. The van der Waals surface area contributed by atoms with E-state index < -0.39 is 5.60 Å². The lowest BCUT2D eigenvalue weighted by Crippen LogP contribution is -2.65. The number of nitrogens with one attached hydrogen (secondary N) is 3. The molecule has 4 atom stereocenters. The summed E-state index contributed by atoms with van der Waals surface area (Å²) in [6.45, 7) is 0. The van der Waals surface area contributed by atoms with Crippen molar-refractivity contribution in [2.45, 2.75) is 87.8 Å². The molecule has 5 saturated carbocycles. The molecule has 0 saturated heterocycles. The van der Waals surface area contributed by atoms with Crippen molar-refractivity contribution in [2.75, 3.05) is 5.32 Å². The van der Waals surface area contributed by atoms with Gasteiger partial charge in [0.15, 0.2) is 0 Å². The zero-order chi connectivity index (χ0) is 20.8. The number of anilines is 1. The monoisotopic (exact) mass is 411 g/mol. The molecule has 1 aromatic rings. The standard InChI is InChI=1S/C24H33N3O3/c28-21(25-18-6-2-1-3-7-18)19-8-4-5-9-20(19)26-22(29)27-23-11-16-10-17(12-23)14-24(30,13-16)15-23/h4-5,8-9,16-18,30H,1-3,6-7,10-15H2,(H,25,28)(H2,26,27,29)/t16-,17+,23?,24?. The molecule has 3 amide bonds. The van der Waals surface area contributed by atoms with Crippen LogP contribution in [-0.4, -0.2) is 34.2 Å². The van der Waals surface area contributed by atoms with Gasteiger partial charge in [-0.3, -0.25) is 4.79 Å². The number of carbonyl (C=O) groups excluding carboxylic acids is 2. The smallest absolute Gasteiger partial charge is 0.319 e. The molecular formula is C24H33N3O3. The van der Waals surface area contributed by atoms with Crippen molar-refractivity contribution in [3.05, 3.63) is 29.8 Å². The van der Waals surface area contributed by atoms with Crippen LogP contribution in [0.3, 0.4) is 0 Å². The fourth-order valence-corrected chi connectivity index (χ4v) is 7.06. The first-order chi connectivity index (χ1) is 14.4. The van der Waals surface area contributed by atoms with Crippen LogP contribution in [0.2, 0.25) is 0 Å². The van der Waals surface area contributed by atoms with Crippen LogP contribution < -0.4 is 16.0 Å². The van der Waals surface area contributed by atoms with Gasteiger partial charge in [-0.25, -0.2) is 4.79 Å². The summed E-state index contributed by atoms with van der Waals surface area (Å²) in [6, 6.07) is 7.15. The number of benzene rings is 1. The van der Waals surface area contributed by atoms with Crippen LogP contribution in [0.1, 0.15) is 81.0 Å². The molecule has 0 radical (unpaired) electrons. The predicted octanol–water partition coefficient (Wildman–Crippen LogP) is 3.95. The van der Waals surface area contributed by atoms with Crippen molar-refractivity contribution >= 4 is 17.6 Å². The van der Waals surface area contributed by atoms with Gasteiger partial charge in [-0.2, -0.15) is 0 Å². The highest BCUT2D eigenvalue weighted by atomic mass is 16.3. The van der Waals surface area contributed by atoms with Crippen molar-refractivity contribution in [3.8, 4) is 0 Å². The topological polar surface area (TPSA) is 90.5 Å². The summed E-state index contributed by atoms with van der Waals surface area (Å²) in [5.74, 6) is 0.886. The quantitative estimate of drug-likeness (QED) is 0.605. The minimum atomic E-state index is -0.616. The minimum absolute atomic E-state index is 0.123. The van der Waals surface area contributed by atoms with E-state index in [4.69, 9.17) is 0 Å². The molecular weight excluding hydrogens is 378 g/mol. The number of para-hydroxylation sites is 1. The summed E-state index contributed by atoms with van der Waals surface area (Å²) in [4.78, 5) is 25.8. The van der Waals surface area contributed by atoms with Crippen molar-refractivity contribution < 1.29 is 14.7 Å². The molecule has 6 nitrogen and oxygen atoms in total. The molecule has 30 heavy (non-hydrogen) atoms. The number of urea groups is 1. The number of hydrogen-bond acceptors (Lipinski definition) is 3. The summed E-state index contributed by atoms with van der Waals surface area (Å²) in [6.07, 6.45) is 11.1. The summed E-state index contributed by atoms with van der Waals surface area (Å²) in [7, 11) is 0. The lowest BCUT2D eigenvalue weighted by Gasteiger charge is -2.60. The lowest BCUT2D eigenvalue weighted by atomic mass is 9.51. The van der Waals surface area contributed by atoms with E-state index in [2.05, 4.69) is 16.0 Å². The van der Waals surface area contributed by atoms with Crippen molar-refractivity contribution in [1.29, 1.82) is 0 Å². The maximum Gasteiger partial charge on any atom is 0.319 e. The van der Waals surface area contributed by atoms with Gasteiger partial charge in [0, 0.05) is 11.6 Å². The third-order valence-electron chi connectivity index (χ3n) is 7.77. The van der Waals surface area contributed by atoms with Crippen LogP contribution >= 0.6 is 0 Å². The van der Waals surface area contributed by atoms with Crippen LogP contribution in [0.4, 0.5) is 10.5 Å². The number of hydrogen-bond donors (Lipinski definition) is 4. The minimum Gasteiger partial charge on any atom is -0.390 e. The van der Waals surface area contributed by atoms with Gasteiger partial charge in [0.2, 0.25) is 0 Å². The van der Waals surface area contributed by atoms with E-state index in [0.29, 0.717) is 29.5 Å². The molecule has 0 spiro atoms. The summed E-state index contributed by atoms with van der Waals surface area (Å²) in [5.41, 5.74) is 0.103. The van der Waals surface area contributed by atoms with Crippen LogP contribution in [0, 0.1) is 11.8 Å². The Hall–Kier alpha value is -2.08. The first-order valence-electron chi connectivity index (χ1n) is 11.6. The highest BCUT2D eigenvalue weighted by Gasteiger charge is 2.57.